The monoisotopic (exact) mass is 1630 g/mol. The Kier molecular flexibility index (Phi) is 195. The summed E-state index contributed by atoms with van der Waals surface area (Å²) in [6.07, 6.45) is 0. The molecule has 0 N–H and O–H groups in total. The van der Waals surface area contributed by atoms with Crippen LogP contribution < -0.4 is 61.3 Å². The average molecular weight is 1640 g/mol. The van der Waals surface area contributed by atoms with Crippen LogP contribution in [0.15, 0.2) is 0 Å². The Labute approximate surface area is 587 Å². The number of alkyl halides is 18. The molecule has 471 valence electrons. The van der Waals surface area contributed by atoms with Crippen molar-refractivity contribution in [2.45, 2.75) is 25.8 Å². The maximum atomic E-state index is 9.87. The third-order valence-corrected chi connectivity index (χ3v) is 5.68. The molecule has 0 aromatic carbocycles. The van der Waals surface area contributed by atoms with E-state index in [2.05, 4.69) is 0 Å². The Balaban J connectivity index is -0.0000000372. The van der Waals surface area contributed by atoms with Crippen LogP contribution in [0.2, 0.25) is 0 Å². The quantitative estimate of drug-likeness (QED) is 0.0728. The Morgan fingerprint density at radius 2 is 0.250 bits per heavy atom. The summed E-state index contributed by atoms with van der Waals surface area (Å²) in [7, 11) is 10.6. The van der Waals surface area contributed by atoms with Crippen molar-refractivity contribution in [3.05, 3.63) is 0 Å². The molecule has 0 heterocycles. The molecule has 0 spiro atoms. The fraction of sp³-hybridized carbons (Fsp3) is 1.00. The normalized spacial score (nSPS) is 9.47. The molecule has 0 saturated heterocycles. The topological polar surface area (TPSA) is 296 Å². The van der Waals surface area contributed by atoms with Gasteiger partial charge in [0.15, 0.2) is 25.8 Å². The molecular formula is C36H72Cl18Fe4N6O12+5. The molecular weight excluding hydrogens is 1570 g/mol. The van der Waals surface area contributed by atoms with Gasteiger partial charge in [-0.15, -0.1) is 79.3 Å². The van der Waals surface area contributed by atoms with Crippen LogP contribution >= 0.6 is 209 Å². The molecule has 18 nitrogen and oxygen atoms in total. The third kappa shape index (κ3) is 281. The Hall–Kier alpha value is 6.58. The van der Waals surface area contributed by atoms with E-state index in [0.717, 1.165) is 0 Å². The van der Waals surface area contributed by atoms with Crippen molar-refractivity contribution >= 4 is 209 Å². The van der Waals surface area contributed by atoms with E-state index in [1.54, 1.807) is 71.7 Å². The van der Waals surface area contributed by atoms with Crippen molar-refractivity contribution in [2.24, 2.45) is 0 Å². The summed E-state index contributed by atoms with van der Waals surface area (Å²) in [6.45, 7) is 4.48. The van der Waals surface area contributed by atoms with E-state index in [9.17, 15) is 61.3 Å². The molecule has 0 bridgehead atoms. The van der Waals surface area contributed by atoms with Gasteiger partial charge in [-0.05, 0) is 121 Å². The number of hydrogen-bond donors (Lipinski definition) is 0. The number of halogens is 18. The van der Waals surface area contributed by atoms with Gasteiger partial charge >= 0.3 is 68.3 Å². The van der Waals surface area contributed by atoms with Crippen molar-refractivity contribution in [3.63, 3.8) is 0 Å². The average Bonchev–Trinajstić information content (AvgIpc) is 3.19. The van der Waals surface area contributed by atoms with Crippen LogP contribution in [-0.2, 0) is 68.3 Å². The first-order valence-electron chi connectivity index (χ1n) is 19.9. The Bertz CT molecular complexity index is 636. The van der Waals surface area contributed by atoms with Crippen molar-refractivity contribution in [1.29, 1.82) is 0 Å². The van der Waals surface area contributed by atoms with Crippen LogP contribution in [0, 0.1) is 0 Å². The molecule has 40 heteroatoms. The molecule has 0 amide bonds. The zero-order chi connectivity index (χ0) is 59.9. The third-order valence-electron chi connectivity index (χ3n) is 5.68. The van der Waals surface area contributed by atoms with Crippen LogP contribution in [0.4, 0.5) is 0 Å². The van der Waals surface area contributed by atoms with E-state index in [4.69, 9.17) is 209 Å². The van der Waals surface area contributed by atoms with Gasteiger partial charge in [0.1, 0.15) is 0 Å². The first-order chi connectivity index (χ1) is 33.2. The van der Waals surface area contributed by atoms with Crippen molar-refractivity contribution in [2.75, 3.05) is 200 Å². The Morgan fingerprint density at radius 1 is 0.211 bits per heavy atom. The van der Waals surface area contributed by atoms with Gasteiger partial charge in [0.25, 0.3) is 0 Å². The van der Waals surface area contributed by atoms with E-state index in [1.807, 2.05) is 0 Å². The maximum absolute atomic E-state index is 9.87. The second kappa shape index (κ2) is 119. The molecule has 76 heavy (non-hydrogen) atoms. The molecule has 0 aromatic heterocycles. The molecule has 0 rings (SSSR count). The standard InChI is InChI=1S/6C5H11NO2.6CHCl3.4Fe/c6*1-6(2-4-7)3-5-8;6*2-1(3)4;;;;/h6*2-5H2,1H3;6*1H;;;;/q6*-2;;;;;;;+3;+4;2*+5. The van der Waals surface area contributed by atoms with Crippen LogP contribution in [0.5, 0.6) is 0 Å². The van der Waals surface area contributed by atoms with Crippen molar-refractivity contribution in [3.8, 4) is 0 Å². The summed E-state index contributed by atoms with van der Waals surface area (Å²) < 4.78 is -4.50. The molecule has 0 aliphatic rings. The van der Waals surface area contributed by atoms with Gasteiger partial charge in [0.05, 0.1) is 0 Å². The van der Waals surface area contributed by atoms with Gasteiger partial charge in [-0.1, -0.05) is 209 Å². The summed E-state index contributed by atoms with van der Waals surface area (Å²) in [4.78, 5) is 10.4. The smallest absolute Gasteiger partial charge is 0.854 e. The van der Waals surface area contributed by atoms with Crippen LogP contribution in [0.1, 0.15) is 0 Å². The number of nitrogens with zero attached hydrogens (tertiary/aromatic N) is 6. The fourth-order valence-corrected chi connectivity index (χ4v) is 2.54. The summed E-state index contributed by atoms with van der Waals surface area (Å²) in [5.74, 6) is 0. The van der Waals surface area contributed by atoms with Crippen molar-refractivity contribution in [1.82, 2.24) is 29.4 Å². The van der Waals surface area contributed by atoms with Gasteiger partial charge in [0, 0.05) is 0 Å². The van der Waals surface area contributed by atoms with Crippen LogP contribution in [0.3, 0.4) is 0 Å². The first kappa shape index (κ1) is 124. The van der Waals surface area contributed by atoms with E-state index in [0.29, 0.717) is 78.5 Å². The van der Waals surface area contributed by atoms with Gasteiger partial charge < -0.3 is 90.7 Å². The van der Waals surface area contributed by atoms with E-state index >= 15 is 0 Å². The number of likely N-dealkylation sites (N-methyl/N-ethyl adjacent to an activating group) is 6. The largest absolute Gasteiger partial charge is 5.00 e. The van der Waals surface area contributed by atoms with E-state index in [-0.39, 0.29) is 148 Å². The second-order valence-electron chi connectivity index (χ2n) is 11.8. The minimum Gasteiger partial charge on any atom is -0.854 e. The van der Waals surface area contributed by atoms with Crippen LogP contribution in [0.25, 0.3) is 0 Å². The van der Waals surface area contributed by atoms with E-state index in [1.165, 1.54) is 0 Å². The van der Waals surface area contributed by atoms with Gasteiger partial charge in [-0.25, -0.2) is 0 Å². The molecule has 3 radical (unpaired) electrons. The molecule has 0 saturated carbocycles. The number of rotatable bonds is 24. The number of hydrogen-bond acceptors (Lipinski definition) is 18. The molecule has 0 fully saturated rings. The van der Waals surface area contributed by atoms with Gasteiger partial charge in [-0.3, -0.25) is 0 Å². The fourth-order valence-electron chi connectivity index (χ4n) is 2.54. The second-order valence-corrected chi connectivity index (χ2v) is 23.6. The minimum atomic E-state index is -0.750. The molecule has 0 aliphatic heterocycles. The van der Waals surface area contributed by atoms with Crippen molar-refractivity contribution < 1.29 is 130 Å². The van der Waals surface area contributed by atoms with Crippen LogP contribution in [-0.4, -0.2) is 255 Å². The zero-order valence-electron chi connectivity index (χ0n) is 42.2. The first-order valence-corrected chi connectivity index (χ1v) is 27.7. The van der Waals surface area contributed by atoms with E-state index < -0.39 is 25.8 Å². The predicted octanol–water partition coefficient (Wildman–Crippen LogP) is -2.26. The molecule has 0 unspecified atom stereocenters. The minimum absolute atomic E-state index is 0. The zero-order valence-corrected chi connectivity index (χ0v) is 60.3. The molecule has 0 atom stereocenters. The van der Waals surface area contributed by atoms with Gasteiger partial charge in [0.2, 0.25) is 0 Å². The molecule has 0 aromatic rings. The maximum Gasteiger partial charge on any atom is 5.00 e. The van der Waals surface area contributed by atoms with Gasteiger partial charge in [-0.2, -0.15) is 0 Å². The molecule has 0 aliphatic carbocycles. The summed E-state index contributed by atoms with van der Waals surface area (Å²) in [5.41, 5.74) is 0. The SMILES string of the molecule is CN(CC[O-])CC[O-].CN(CC[O-])CC[O-].CN(CC[O-])CC[O-].CN(CC[O-])CC[O-].CN(CC[O-])CC[O-].CN(CC[O-])CC[O-].ClC(Cl)Cl.ClC(Cl)Cl.ClC(Cl)Cl.ClC(Cl)Cl.ClC(Cl)Cl.ClC(Cl)Cl.[Fe+3].[Fe+4].[Fe+5].[Fe+5]. The summed E-state index contributed by atoms with van der Waals surface area (Å²) in [6, 6.07) is 0. The Morgan fingerprint density at radius 3 is 0.276 bits per heavy atom. The summed E-state index contributed by atoms with van der Waals surface area (Å²) in [5, 5.41) is 118. The predicted molar refractivity (Wildman–Crippen MR) is 291 cm³/mol. The summed E-state index contributed by atoms with van der Waals surface area (Å²) >= 11 is 86.5.